The summed E-state index contributed by atoms with van der Waals surface area (Å²) < 4.78 is 5.50. The second-order valence-electron chi connectivity index (χ2n) is 3.53. The third-order valence-corrected chi connectivity index (χ3v) is 3.04. The van der Waals surface area contributed by atoms with Gasteiger partial charge in [-0.05, 0) is 19.1 Å². The van der Waals surface area contributed by atoms with Gasteiger partial charge in [0.1, 0.15) is 12.4 Å². The first-order valence-corrected chi connectivity index (χ1v) is 5.90. The lowest BCUT2D eigenvalue weighted by Crippen LogP contribution is -2.03. The zero-order valence-electron chi connectivity index (χ0n) is 9.21. The Morgan fingerprint density at radius 3 is 2.76 bits per heavy atom. The summed E-state index contributed by atoms with van der Waals surface area (Å²) in [6.07, 6.45) is 0. The van der Waals surface area contributed by atoms with Crippen LogP contribution in [0.1, 0.15) is 20.9 Å². The summed E-state index contributed by atoms with van der Waals surface area (Å²) in [5, 5.41) is 8.88. The highest BCUT2D eigenvalue weighted by Gasteiger charge is 2.13. The molecule has 0 aliphatic carbocycles. The van der Waals surface area contributed by atoms with Crippen LogP contribution >= 0.6 is 11.3 Å². The molecule has 2 rings (SSSR count). The Hall–Kier alpha value is -1.88. The molecule has 0 amide bonds. The van der Waals surface area contributed by atoms with Crippen molar-refractivity contribution in [3.8, 4) is 5.75 Å². The summed E-state index contributed by atoms with van der Waals surface area (Å²) in [5.41, 5.74) is 2.74. The second-order valence-corrected chi connectivity index (χ2v) is 4.47. The van der Waals surface area contributed by atoms with Crippen LogP contribution in [0.5, 0.6) is 5.75 Å². The van der Waals surface area contributed by atoms with Gasteiger partial charge in [0.15, 0.2) is 5.69 Å². The SMILES string of the molecule is Cc1ccc(OCc2scnc2C(=O)O)cc1. The number of rotatable bonds is 4. The van der Waals surface area contributed by atoms with Gasteiger partial charge in [0.2, 0.25) is 0 Å². The van der Waals surface area contributed by atoms with Gasteiger partial charge in [-0.1, -0.05) is 17.7 Å². The van der Waals surface area contributed by atoms with Crippen LogP contribution in [0.25, 0.3) is 0 Å². The summed E-state index contributed by atoms with van der Waals surface area (Å²) in [6.45, 7) is 2.23. The Morgan fingerprint density at radius 1 is 1.41 bits per heavy atom. The maximum atomic E-state index is 10.8. The molecule has 4 nitrogen and oxygen atoms in total. The summed E-state index contributed by atoms with van der Waals surface area (Å²) in [4.78, 5) is 15.2. The van der Waals surface area contributed by atoms with Crippen LogP contribution in [0.2, 0.25) is 0 Å². The first-order valence-electron chi connectivity index (χ1n) is 5.02. The van der Waals surface area contributed by atoms with Gasteiger partial charge in [-0.25, -0.2) is 9.78 Å². The normalized spacial score (nSPS) is 10.2. The molecular formula is C12H11NO3S. The average Bonchev–Trinajstić information content (AvgIpc) is 2.76. The monoisotopic (exact) mass is 249 g/mol. The van der Waals surface area contributed by atoms with Gasteiger partial charge >= 0.3 is 5.97 Å². The topological polar surface area (TPSA) is 59.4 Å². The van der Waals surface area contributed by atoms with Crippen molar-refractivity contribution in [3.63, 3.8) is 0 Å². The fourth-order valence-electron chi connectivity index (χ4n) is 1.33. The maximum Gasteiger partial charge on any atom is 0.355 e. The number of nitrogens with zero attached hydrogens (tertiary/aromatic N) is 1. The van der Waals surface area contributed by atoms with E-state index in [1.807, 2.05) is 31.2 Å². The van der Waals surface area contributed by atoms with Crippen LogP contribution in [-0.2, 0) is 6.61 Å². The summed E-state index contributed by atoms with van der Waals surface area (Å²) >= 11 is 1.28. The van der Waals surface area contributed by atoms with E-state index in [2.05, 4.69) is 4.98 Å². The van der Waals surface area contributed by atoms with Gasteiger partial charge in [-0.3, -0.25) is 0 Å². The zero-order valence-corrected chi connectivity index (χ0v) is 10.0. The van der Waals surface area contributed by atoms with E-state index in [4.69, 9.17) is 9.84 Å². The molecule has 0 bridgehead atoms. The van der Waals surface area contributed by atoms with Crippen molar-refractivity contribution in [1.82, 2.24) is 4.98 Å². The Morgan fingerprint density at radius 2 is 2.12 bits per heavy atom. The highest BCUT2D eigenvalue weighted by Crippen LogP contribution is 2.18. The fraction of sp³-hybridized carbons (Fsp3) is 0.167. The smallest absolute Gasteiger partial charge is 0.355 e. The molecule has 0 atom stereocenters. The number of carboxylic acid groups (broad SMARTS) is 1. The summed E-state index contributed by atoms with van der Waals surface area (Å²) in [5.74, 6) is -0.297. The molecule has 0 saturated carbocycles. The van der Waals surface area contributed by atoms with Gasteiger partial charge in [-0.15, -0.1) is 11.3 Å². The van der Waals surface area contributed by atoms with Crippen molar-refractivity contribution in [2.75, 3.05) is 0 Å². The summed E-state index contributed by atoms with van der Waals surface area (Å²) in [7, 11) is 0. The Balaban J connectivity index is 2.05. The molecule has 0 spiro atoms. The molecule has 1 aromatic carbocycles. The molecule has 0 aliphatic rings. The van der Waals surface area contributed by atoms with Gasteiger partial charge in [0.05, 0.1) is 10.4 Å². The van der Waals surface area contributed by atoms with E-state index < -0.39 is 5.97 Å². The summed E-state index contributed by atoms with van der Waals surface area (Å²) in [6, 6.07) is 7.61. The highest BCUT2D eigenvalue weighted by molar-refractivity contribution is 7.09. The molecule has 1 N–H and O–H groups in total. The van der Waals surface area contributed by atoms with E-state index >= 15 is 0 Å². The number of aryl methyl sites for hydroxylation is 1. The van der Waals surface area contributed by atoms with Crippen LogP contribution in [0.15, 0.2) is 29.8 Å². The van der Waals surface area contributed by atoms with Crippen LogP contribution in [0.4, 0.5) is 0 Å². The second kappa shape index (κ2) is 4.97. The van der Waals surface area contributed by atoms with Gasteiger partial charge in [0, 0.05) is 0 Å². The van der Waals surface area contributed by atoms with E-state index in [0.717, 1.165) is 11.3 Å². The van der Waals surface area contributed by atoms with Gasteiger partial charge in [0.25, 0.3) is 0 Å². The molecule has 1 aromatic heterocycles. The number of thiazole rings is 1. The lowest BCUT2D eigenvalue weighted by atomic mass is 10.2. The van der Waals surface area contributed by atoms with E-state index in [9.17, 15) is 4.79 Å². The number of benzene rings is 1. The molecule has 0 saturated heterocycles. The first-order chi connectivity index (χ1) is 8.16. The number of ether oxygens (including phenoxy) is 1. The van der Waals surface area contributed by atoms with Crippen molar-refractivity contribution in [3.05, 3.63) is 45.9 Å². The van der Waals surface area contributed by atoms with Crippen molar-refractivity contribution < 1.29 is 14.6 Å². The molecule has 2 aromatic rings. The molecule has 17 heavy (non-hydrogen) atoms. The van der Waals surface area contributed by atoms with Crippen LogP contribution in [-0.4, -0.2) is 16.1 Å². The molecule has 0 aliphatic heterocycles. The van der Waals surface area contributed by atoms with Crippen molar-refractivity contribution in [2.24, 2.45) is 0 Å². The number of aromatic carboxylic acids is 1. The minimum Gasteiger partial charge on any atom is -0.488 e. The lowest BCUT2D eigenvalue weighted by Gasteiger charge is -2.05. The molecule has 0 unspecified atom stereocenters. The first kappa shape index (κ1) is 11.6. The number of aromatic nitrogens is 1. The number of hydrogen-bond acceptors (Lipinski definition) is 4. The Kier molecular flexibility index (Phi) is 3.39. The minimum absolute atomic E-state index is 0.0714. The quantitative estimate of drug-likeness (QED) is 0.905. The zero-order chi connectivity index (χ0) is 12.3. The predicted molar refractivity (Wildman–Crippen MR) is 64.6 cm³/mol. The fourth-order valence-corrected chi connectivity index (χ4v) is 1.99. The van der Waals surface area contributed by atoms with E-state index in [1.165, 1.54) is 16.8 Å². The molecule has 1 heterocycles. The average molecular weight is 249 g/mol. The minimum atomic E-state index is -1.02. The van der Waals surface area contributed by atoms with Gasteiger partial charge in [-0.2, -0.15) is 0 Å². The molecule has 0 radical (unpaired) electrons. The number of carbonyl (C=O) groups is 1. The highest BCUT2D eigenvalue weighted by atomic mass is 32.1. The standard InChI is InChI=1S/C12H11NO3S/c1-8-2-4-9(5-3-8)16-6-10-11(12(14)15)13-7-17-10/h2-5,7H,6H2,1H3,(H,14,15). The molecule has 5 heteroatoms. The number of carboxylic acids is 1. The Labute approximate surface area is 103 Å². The molecule has 88 valence electrons. The lowest BCUT2D eigenvalue weighted by molar-refractivity contribution is 0.0688. The predicted octanol–water partition coefficient (Wildman–Crippen LogP) is 2.73. The van der Waals surface area contributed by atoms with E-state index in [-0.39, 0.29) is 12.3 Å². The van der Waals surface area contributed by atoms with Gasteiger partial charge < -0.3 is 9.84 Å². The Bertz CT molecular complexity index is 519. The molecule has 0 fully saturated rings. The van der Waals surface area contributed by atoms with Crippen molar-refractivity contribution in [1.29, 1.82) is 0 Å². The maximum absolute atomic E-state index is 10.8. The van der Waals surface area contributed by atoms with E-state index in [1.54, 1.807) is 0 Å². The van der Waals surface area contributed by atoms with E-state index in [0.29, 0.717) is 4.88 Å². The molecular weight excluding hydrogens is 238 g/mol. The van der Waals surface area contributed by atoms with Crippen LogP contribution < -0.4 is 4.74 Å². The third-order valence-electron chi connectivity index (χ3n) is 2.23. The number of hydrogen-bond donors (Lipinski definition) is 1. The van der Waals surface area contributed by atoms with Crippen molar-refractivity contribution >= 4 is 17.3 Å². The third kappa shape index (κ3) is 2.82. The van der Waals surface area contributed by atoms with Crippen molar-refractivity contribution in [2.45, 2.75) is 13.5 Å². The largest absolute Gasteiger partial charge is 0.488 e. The van der Waals surface area contributed by atoms with Crippen LogP contribution in [0, 0.1) is 6.92 Å². The van der Waals surface area contributed by atoms with Crippen LogP contribution in [0.3, 0.4) is 0 Å².